The molecule has 0 saturated heterocycles. The molecule has 0 aromatic carbocycles. The first-order valence-corrected chi connectivity index (χ1v) is 5.79. The lowest BCUT2D eigenvalue weighted by Crippen LogP contribution is -1.94. The van der Waals surface area contributed by atoms with Crippen LogP contribution >= 0.6 is 0 Å². The number of aromatic carboxylic acids is 1. The van der Waals surface area contributed by atoms with Gasteiger partial charge in [-0.3, -0.25) is 4.98 Å². The second kappa shape index (κ2) is 4.20. The number of carbonyl (C=O) groups is 1. The van der Waals surface area contributed by atoms with Crippen molar-refractivity contribution in [3.8, 4) is 11.3 Å². The zero-order chi connectivity index (χ0) is 13.4. The molecule has 0 aliphatic heterocycles. The van der Waals surface area contributed by atoms with Crippen LogP contribution in [0.2, 0.25) is 0 Å². The van der Waals surface area contributed by atoms with Gasteiger partial charge in [0.25, 0.3) is 0 Å². The van der Waals surface area contributed by atoms with Gasteiger partial charge in [0.15, 0.2) is 0 Å². The number of H-pyrrole nitrogens is 1. The average molecular weight is 253 g/mol. The highest BCUT2D eigenvalue weighted by atomic mass is 16.4. The van der Waals surface area contributed by atoms with Crippen LogP contribution < -0.4 is 0 Å². The summed E-state index contributed by atoms with van der Waals surface area (Å²) in [7, 11) is 0. The van der Waals surface area contributed by atoms with E-state index in [1.54, 1.807) is 6.20 Å². The highest BCUT2D eigenvalue weighted by Gasteiger charge is 2.09. The zero-order valence-electron chi connectivity index (χ0n) is 10.2. The molecule has 0 bridgehead atoms. The largest absolute Gasteiger partial charge is 0.477 e. The predicted octanol–water partition coefficient (Wildman–Crippen LogP) is 2.63. The van der Waals surface area contributed by atoms with E-state index in [1.807, 2.05) is 31.2 Å². The van der Waals surface area contributed by atoms with Gasteiger partial charge >= 0.3 is 5.97 Å². The van der Waals surface area contributed by atoms with E-state index in [0.717, 1.165) is 17.0 Å². The Labute approximate surface area is 109 Å². The van der Waals surface area contributed by atoms with Crippen molar-refractivity contribution in [3.05, 3.63) is 47.9 Å². The molecule has 5 nitrogen and oxygen atoms in total. The molecule has 3 aromatic rings. The summed E-state index contributed by atoms with van der Waals surface area (Å²) in [5, 5.41) is 8.94. The van der Waals surface area contributed by atoms with Gasteiger partial charge in [-0.05, 0) is 37.3 Å². The lowest BCUT2D eigenvalue weighted by atomic mass is 10.1. The fourth-order valence-corrected chi connectivity index (χ4v) is 1.99. The molecule has 0 fully saturated rings. The van der Waals surface area contributed by atoms with Gasteiger partial charge in [0.2, 0.25) is 0 Å². The Morgan fingerprint density at radius 3 is 2.84 bits per heavy atom. The standard InChI is InChI=1S/C14H11N3O2/c1-8-6-9(4-5-15-8)10-2-3-11-12(16-10)7-13(17-11)14(18)19/h2-7,17H,1H3,(H,18,19). The number of hydrogen-bond acceptors (Lipinski definition) is 3. The summed E-state index contributed by atoms with van der Waals surface area (Å²) < 4.78 is 0. The second-order valence-corrected chi connectivity index (χ2v) is 4.30. The number of aromatic amines is 1. The van der Waals surface area contributed by atoms with Crippen LogP contribution in [-0.4, -0.2) is 26.0 Å². The van der Waals surface area contributed by atoms with Crippen molar-refractivity contribution in [2.45, 2.75) is 6.92 Å². The van der Waals surface area contributed by atoms with Gasteiger partial charge in [-0.2, -0.15) is 0 Å². The van der Waals surface area contributed by atoms with Crippen LogP contribution in [0.3, 0.4) is 0 Å². The van der Waals surface area contributed by atoms with Gasteiger partial charge in [0.05, 0.1) is 16.7 Å². The van der Waals surface area contributed by atoms with Gasteiger partial charge in [-0.25, -0.2) is 9.78 Å². The van der Waals surface area contributed by atoms with Crippen molar-refractivity contribution in [2.24, 2.45) is 0 Å². The number of fused-ring (bicyclic) bond motifs is 1. The highest BCUT2D eigenvalue weighted by molar-refractivity contribution is 5.92. The molecule has 0 amide bonds. The lowest BCUT2D eigenvalue weighted by Gasteiger charge is -2.01. The van der Waals surface area contributed by atoms with Crippen molar-refractivity contribution >= 4 is 17.0 Å². The number of rotatable bonds is 2. The Kier molecular flexibility index (Phi) is 2.52. The Morgan fingerprint density at radius 2 is 2.11 bits per heavy atom. The Morgan fingerprint density at radius 1 is 1.26 bits per heavy atom. The molecule has 0 radical (unpaired) electrons. The number of carboxylic acids is 1. The fourth-order valence-electron chi connectivity index (χ4n) is 1.99. The second-order valence-electron chi connectivity index (χ2n) is 4.30. The van der Waals surface area contributed by atoms with Gasteiger partial charge in [0.1, 0.15) is 5.69 Å². The maximum absolute atomic E-state index is 10.9. The van der Waals surface area contributed by atoms with Crippen LogP contribution in [0.4, 0.5) is 0 Å². The van der Waals surface area contributed by atoms with Crippen LogP contribution in [-0.2, 0) is 0 Å². The number of nitrogens with one attached hydrogen (secondary N) is 1. The first-order chi connectivity index (χ1) is 9.13. The Balaban J connectivity index is 2.13. The molecule has 3 heterocycles. The summed E-state index contributed by atoms with van der Waals surface area (Å²) in [6, 6.07) is 9.05. The minimum absolute atomic E-state index is 0.144. The molecule has 5 heteroatoms. The molecule has 94 valence electrons. The van der Waals surface area contributed by atoms with Crippen LogP contribution in [0.5, 0.6) is 0 Å². The quantitative estimate of drug-likeness (QED) is 0.735. The van der Waals surface area contributed by atoms with E-state index < -0.39 is 5.97 Å². The first kappa shape index (κ1) is 11.4. The van der Waals surface area contributed by atoms with E-state index in [9.17, 15) is 4.79 Å². The molecular weight excluding hydrogens is 242 g/mol. The van der Waals surface area contributed by atoms with E-state index >= 15 is 0 Å². The minimum Gasteiger partial charge on any atom is -0.477 e. The zero-order valence-corrected chi connectivity index (χ0v) is 10.2. The average Bonchev–Trinajstić information content (AvgIpc) is 2.81. The van der Waals surface area contributed by atoms with E-state index in [-0.39, 0.29) is 5.69 Å². The first-order valence-electron chi connectivity index (χ1n) is 5.79. The normalized spacial score (nSPS) is 10.8. The van der Waals surface area contributed by atoms with Crippen molar-refractivity contribution in [1.29, 1.82) is 0 Å². The SMILES string of the molecule is Cc1cc(-c2ccc3[nH]c(C(=O)O)cc3n2)ccn1. The molecule has 2 N–H and O–H groups in total. The lowest BCUT2D eigenvalue weighted by molar-refractivity contribution is 0.0691. The summed E-state index contributed by atoms with van der Waals surface area (Å²) in [5.74, 6) is -0.987. The van der Waals surface area contributed by atoms with Gasteiger partial charge in [-0.1, -0.05) is 0 Å². The third-order valence-corrected chi connectivity index (χ3v) is 2.90. The number of hydrogen-bond donors (Lipinski definition) is 2. The minimum atomic E-state index is -0.987. The van der Waals surface area contributed by atoms with E-state index in [4.69, 9.17) is 5.11 Å². The van der Waals surface area contributed by atoms with Crippen molar-refractivity contribution < 1.29 is 9.90 Å². The molecule has 3 rings (SSSR count). The van der Waals surface area contributed by atoms with Gasteiger partial charge in [0, 0.05) is 17.5 Å². The Hall–Kier alpha value is -2.69. The van der Waals surface area contributed by atoms with E-state index in [2.05, 4.69) is 15.0 Å². The summed E-state index contributed by atoms with van der Waals surface area (Å²) in [4.78, 5) is 22.3. The molecule has 3 aromatic heterocycles. The van der Waals surface area contributed by atoms with E-state index in [1.165, 1.54) is 6.07 Å². The fraction of sp³-hybridized carbons (Fsp3) is 0.0714. The van der Waals surface area contributed by atoms with Crippen molar-refractivity contribution in [2.75, 3.05) is 0 Å². The molecule has 0 unspecified atom stereocenters. The van der Waals surface area contributed by atoms with Crippen molar-refractivity contribution in [1.82, 2.24) is 15.0 Å². The third kappa shape index (κ3) is 2.06. The van der Waals surface area contributed by atoms with E-state index in [0.29, 0.717) is 11.0 Å². The van der Waals surface area contributed by atoms with Crippen LogP contribution in [0.15, 0.2) is 36.5 Å². The molecular formula is C14H11N3O2. The summed E-state index contributed by atoms with van der Waals surface area (Å²) in [6.45, 7) is 1.92. The third-order valence-electron chi connectivity index (χ3n) is 2.90. The van der Waals surface area contributed by atoms with Gasteiger partial charge in [-0.15, -0.1) is 0 Å². The van der Waals surface area contributed by atoms with Crippen LogP contribution in [0, 0.1) is 6.92 Å². The molecule has 0 aliphatic carbocycles. The van der Waals surface area contributed by atoms with Crippen LogP contribution in [0.25, 0.3) is 22.3 Å². The number of carboxylic acid groups (broad SMARTS) is 1. The summed E-state index contributed by atoms with van der Waals surface area (Å²) in [6.07, 6.45) is 1.73. The molecule has 0 spiro atoms. The monoisotopic (exact) mass is 253 g/mol. The number of nitrogens with zero attached hydrogens (tertiary/aromatic N) is 2. The number of aryl methyl sites for hydroxylation is 1. The number of pyridine rings is 2. The molecule has 0 atom stereocenters. The predicted molar refractivity (Wildman–Crippen MR) is 71.0 cm³/mol. The maximum Gasteiger partial charge on any atom is 0.352 e. The highest BCUT2D eigenvalue weighted by Crippen LogP contribution is 2.21. The molecule has 0 aliphatic rings. The summed E-state index contributed by atoms with van der Waals surface area (Å²) in [5.41, 5.74) is 4.18. The summed E-state index contributed by atoms with van der Waals surface area (Å²) >= 11 is 0. The molecule has 0 saturated carbocycles. The van der Waals surface area contributed by atoms with Crippen molar-refractivity contribution in [3.63, 3.8) is 0 Å². The van der Waals surface area contributed by atoms with Crippen LogP contribution in [0.1, 0.15) is 16.2 Å². The smallest absolute Gasteiger partial charge is 0.352 e. The molecule has 19 heavy (non-hydrogen) atoms. The maximum atomic E-state index is 10.9. The number of aromatic nitrogens is 3. The topological polar surface area (TPSA) is 78.9 Å². The van der Waals surface area contributed by atoms with Gasteiger partial charge < -0.3 is 10.1 Å². The Bertz CT molecular complexity index is 777.